The lowest BCUT2D eigenvalue weighted by Crippen LogP contribution is -2.29. The van der Waals surface area contributed by atoms with Gasteiger partial charge in [0.1, 0.15) is 0 Å². The second-order valence-electron chi connectivity index (χ2n) is 6.05. The predicted octanol–water partition coefficient (Wildman–Crippen LogP) is 3.73. The molecule has 1 aromatic rings. The van der Waals surface area contributed by atoms with Crippen LogP contribution >= 0.6 is 15.9 Å². The van der Waals surface area contributed by atoms with Crippen LogP contribution in [0.4, 0.5) is 5.69 Å². The molecule has 0 aliphatic heterocycles. The van der Waals surface area contributed by atoms with Crippen molar-refractivity contribution in [2.45, 2.75) is 39.8 Å². The molecule has 0 bridgehead atoms. The maximum atomic E-state index is 3.59. The fourth-order valence-corrected chi connectivity index (χ4v) is 2.75. The summed E-state index contributed by atoms with van der Waals surface area (Å²) in [7, 11) is 4.27. The van der Waals surface area contributed by atoms with Gasteiger partial charge in [0.2, 0.25) is 0 Å². The molecule has 1 rings (SSSR count). The van der Waals surface area contributed by atoms with Gasteiger partial charge in [0.15, 0.2) is 0 Å². The van der Waals surface area contributed by atoms with Crippen LogP contribution < -0.4 is 10.2 Å². The van der Waals surface area contributed by atoms with E-state index in [9.17, 15) is 0 Å². The Morgan fingerprint density at radius 1 is 1.19 bits per heavy atom. The van der Waals surface area contributed by atoms with Crippen LogP contribution in [-0.2, 0) is 6.54 Å². The number of nitrogens with one attached hydrogen (secondary N) is 1. The van der Waals surface area contributed by atoms with Crippen molar-refractivity contribution in [3.63, 3.8) is 0 Å². The maximum absolute atomic E-state index is 3.59. The van der Waals surface area contributed by atoms with E-state index in [1.54, 1.807) is 0 Å². The first-order valence-corrected chi connectivity index (χ1v) is 8.64. The number of halogens is 1. The lowest BCUT2D eigenvalue weighted by atomic mass is 10.1. The molecule has 4 heteroatoms. The normalized spacial score (nSPS) is 11.4. The molecule has 0 saturated carbocycles. The zero-order valence-electron chi connectivity index (χ0n) is 14.1. The van der Waals surface area contributed by atoms with Crippen molar-refractivity contribution in [3.05, 3.63) is 28.2 Å². The number of rotatable bonds is 9. The van der Waals surface area contributed by atoms with Gasteiger partial charge in [0, 0.05) is 35.8 Å². The van der Waals surface area contributed by atoms with E-state index in [4.69, 9.17) is 0 Å². The van der Waals surface area contributed by atoms with Crippen molar-refractivity contribution in [1.82, 2.24) is 10.2 Å². The molecule has 1 N–H and O–H groups in total. The van der Waals surface area contributed by atoms with Gasteiger partial charge in [-0.25, -0.2) is 0 Å². The van der Waals surface area contributed by atoms with Crippen LogP contribution in [0.25, 0.3) is 0 Å². The molecule has 21 heavy (non-hydrogen) atoms. The molecule has 0 aliphatic carbocycles. The molecule has 0 aliphatic rings. The number of nitrogens with zero attached hydrogens (tertiary/aromatic N) is 2. The van der Waals surface area contributed by atoms with Crippen LogP contribution in [0, 0.1) is 0 Å². The highest BCUT2D eigenvalue weighted by atomic mass is 79.9. The molecular weight excluding hydrogens is 326 g/mol. The fraction of sp³-hybridized carbons (Fsp3) is 0.647. The van der Waals surface area contributed by atoms with Crippen LogP contribution in [0.3, 0.4) is 0 Å². The van der Waals surface area contributed by atoms with Crippen LogP contribution in [0.5, 0.6) is 0 Å². The van der Waals surface area contributed by atoms with Crippen molar-refractivity contribution >= 4 is 21.6 Å². The third-order valence-electron chi connectivity index (χ3n) is 3.50. The monoisotopic (exact) mass is 355 g/mol. The Labute approximate surface area is 138 Å². The van der Waals surface area contributed by atoms with Gasteiger partial charge in [0.05, 0.1) is 0 Å². The molecular formula is C17H30BrN3. The average molecular weight is 356 g/mol. The molecule has 0 aromatic heterocycles. The van der Waals surface area contributed by atoms with E-state index < -0.39 is 0 Å². The predicted molar refractivity (Wildman–Crippen MR) is 97.2 cm³/mol. The maximum Gasteiger partial charge on any atom is 0.0412 e. The lowest BCUT2D eigenvalue weighted by Gasteiger charge is -2.27. The van der Waals surface area contributed by atoms with E-state index in [0.717, 1.165) is 30.7 Å². The molecule has 0 saturated heterocycles. The van der Waals surface area contributed by atoms with Gasteiger partial charge in [-0.05, 0) is 57.7 Å². The van der Waals surface area contributed by atoms with Crippen LogP contribution in [0.15, 0.2) is 22.7 Å². The number of hydrogen-bond donors (Lipinski definition) is 1. The van der Waals surface area contributed by atoms with Crippen molar-refractivity contribution < 1.29 is 0 Å². The van der Waals surface area contributed by atoms with E-state index in [2.05, 4.69) is 84.1 Å². The summed E-state index contributed by atoms with van der Waals surface area (Å²) in [4.78, 5) is 4.73. The smallest absolute Gasteiger partial charge is 0.0412 e. The van der Waals surface area contributed by atoms with E-state index >= 15 is 0 Å². The number of anilines is 1. The summed E-state index contributed by atoms with van der Waals surface area (Å²) >= 11 is 3.59. The Hall–Kier alpha value is -0.580. The zero-order valence-corrected chi connectivity index (χ0v) is 15.7. The lowest BCUT2D eigenvalue weighted by molar-refractivity contribution is 0.400. The Morgan fingerprint density at radius 2 is 1.90 bits per heavy atom. The Bertz CT molecular complexity index is 418. The number of benzene rings is 1. The molecule has 0 fully saturated rings. The van der Waals surface area contributed by atoms with E-state index in [-0.39, 0.29) is 0 Å². The van der Waals surface area contributed by atoms with Gasteiger partial charge in [-0.15, -0.1) is 0 Å². The minimum absolute atomic E-state index is 0.501. The van der Waals surface area contributed by atoms with E-state index in [0.29, 0.717) is 6.04 Å². The Balaban J connectivity index is 2.81. The molecule has 3 nitrogen and oxygen atoms in total. The third kappa shape index (κ3) is 6.81. The largest absolute Gasteiger partial charge is 0.372 e. The van der Waals surface area contributed by atoms with Gasteiger partial charge in [-0.3, -0.25) is 0 Å². The Morgan fingerprint density at radius 3 is 2.48 bits per heavy atom. The minimum atomic E-state index is 0.501. The van der Waals surface area contributed by atoms with Gasteiger partial charge >= 0.3 is 0 Å². The first kappa shape index (κ1) is 18.5. The van der Waals surface area contributed by atoms with Gasteiger partial charge in [0.25, 0.3) is 0 Å². The van der Waals surface area contributed by atoms with Crippen LogP contribution in [0.2, 0.25) is 0 Å². The summed E-state index contributed by atoms with van der Waals surface area (Å²) in [6.45, 7) is 10.8. The molecule has 0 heterocycles. The Kier molecular flexibility index (Phi) is 8.30. The second kappa shape index (κ2) is 9.44. The molecule has 0 atom stereocenters. The van der Waals surface area contributed by atoms with E-state index in [1.807, 2.05) is 0 Å². The SMILES string of the molecule is CCN(CCCN(C)C)c1ccc(Br)cc1CNC(C)C. The molecule has 0 spiro atoms. The minimum Gasteiger partial charge on any atom is -0.372 e. The van der Waals surface area contributed by atoms with Crippen molar-refractivity contribution in [2.24, 2.45) is 0 Å². The van der Waals surface area contributed by atoms with Gasteiger partial charge in [-0.1, -0.05) is 29.8 Å². The van der Waals surface area contributed by atoms with Crippen molar-refractivity contribution in [1.29, 1.82) is 0 Å². The van der Waals surface area contributed by atoms with Gasteiger partial charge < -0.3 is 15.1 Å². The van der Waals surface area contributed by atoms with Gasteiger partial charge in [-0.2, -0.15) is 0 Å². The average Bonchev–Trinajstić information content (AvgIpc) is 2.42. The van der Waals surface area contributed by atoms with E-state index in [1.165, 1.54) is 17.7 Å². The summed E-state index contributed by atoms with van der Waals surface area (Å²) < 4.78 is 1.15. The highest BCUT2D eigenvalue weighted by molar-refractivity contribution is 9.10. The first-order valence-electron chi connectivity index (χ1n) is 7.85. The summed E-state index contributed by atoms with van der Waals surface area (Å²) in [6, 6.07) is 7.11. The van der Waals surface area contributed by atoms with Crippen molar-refractivity contribution in [2.75, 3.05) is 38.6 Å². The summed E-state index contributed by atoms with van der Waals surface area (Å²) in [5.74, 6) is 0. The number of hydrogen-bond acceptors (Lipinski definition) is 3. The third-order valence-corrected chi connectivity index (χ3v) is 3.99. The summed E-state index contributed by atoms with van der Waals surface area (Å²) in [6.07, 6.45) is 1.19. The topological polar surface area (TPSA) is 18.5 Å². The molecule has 1 aromatic carbocycles. The van der Waals surface area contributed by atoms with Crippen LogP contribution in [0.1, 0.15) is 32.8 Å². The first-order chi connectivity index (χ1) is 9.93. The molecule has 120 valence electrons. The highest BCUT2D eigenvalue weighted by Gasteiger charge is 2.10. The molecule has 0 radical (unpaired) electrons. The fourth-order valence-electron chi connectivity index (χ4n) is 2.34. The quantitative estimate of drug-likeness (QED) is 0.727. The zero-order chi connectivity index (χ0) is 15.8. The summed E-state index contributed by atoms with van der Waals surface area (Å²) in [5, 5.41) is 3.53. The van der Waals surface area contributed by atoms with Crippen LogP contribution in [-0.4, -0.2) is 44.7 Å². The molecule has 0 amide bonds. The standard InChI is InChI=1S/C17H30BrN3/c1-6-21(11-7-10-20(4)5)17-9-8-16(18)12-15(17)13-19-14(2)3/h8-9,12,14,19H,6-7,10-11,13H2,1-5H3. The highest BCUT2D eigenvalue weighted by Crippen LogP contribution is 2.25. The van der Waals surface area contributed by atoms with Crippen molar-refractivity contribution in [3.8, 4) is 0 Å². The second-order valence-corrected chi connectivity index (χ2v) is 6.96. The summed E-state index contributed by atoms with van der Waals surface area (Å²) in [5.41, 5.74) is 2.72. The molecule has 0 unspecified atom stereocenters.